The quantitative estimate of drug-likeness (QED) is 0.230. The summed E-state index contributed by atoms with van der Waals surface area (Å²) in [5.41, 5.74) is 4.90. The lowest BCUT2D eigenvalue weighted by molar-refractivity contribution is -0.131. The smallest absolute Gasteiger partial charge is 0.249 e. The van der Waals surface area contributed by atoms with E-state index in [1.165, 1.54) is 0 Å². The number of nitrogens with zero attached hydrogens (tertiary/aromatic N) is 4. The van der Waals surface area contributed by atoms with Crippen LogP contribution in [0.15, 0.2) is 72.8 Å². The highest BCUT2D eigenvalue weighted by Crippen LogP contribution is 2.32. The van der Waals surface area contributed by atoms with Crippen molar-refractivity contribution in [1.29, 1.82) is 0 Å². The number of aromatic amines is 1. The van der Waals surface area contributed by atoms with E-state index in [0.717, 1.165) is 33.5 Å². The van der Waals surface area contributed by atoms with Crippen LogP contribution in [0.1, 0.15) is 44.7 Å². The molecule has 0 aliphatic carbocycles. The maximum atomic E-state index is 14.0. The highest BCUT2D eigenvalue weighted by molar-refractivity contribution is 6.01. The van der Waals surface area contributed by atoms with Crippen LogP contribution < -0.4 is 15.5 Å². The molecule has 1 aliphatic heterocycles. The van der Waals surface area contributed by atoms with Gasteiger partial charge >= 0.3 is 0 Å². The Morgan fingerprint density at radius 1 is 1.07 bits per heavy atom. The topological polar surface area (TPSA) is 136 Å². The first-order valence-corrected chi connectivity index (χ1v) is 14.3. The Bertz CT molecular complexity index is 1520. The van der Waals surface area contributed by atoms with Gasteiger partial charge in [0.1, 0.15) is 6.04 Å². The van der Waals surface area contributed by atoms with Gasteiger partial charge in [0, 0.05) is 11.3 Å². The van der Waals surface area contributed by atoms with Crippen LogP contribution in [0.5, 0.6) is 0 Å². The Hall–Kier alpha value is -4.41. The third kappa shape index (κ3) is 6.56. The number of aliphatic hydroxyl groups is 1. The number of aliphatic hydroxyl groups excluding tert-OH is 1. The zero-order valence-corrected chi connectivity index (χ0v) is 24.2. The molecule has 0 bridgehead atoms. The minimum Gasteiger partial charge on any atom is -0.393 e. The molecule has 2 atom stereocenters. The summed E-state index contributed by atoms with van der Waals surface area (Å²) in [6.45, 7) is 6.15. The number of anilines is 1. The van der Waals surface area contributed by atoms with Crippen molar-refractivity contribution in [3.05, 3.63) is 83.9 Å². The van der Waals surface area contributed by atoms with Crippen LogP contribution in [-0.2, 0) is 22.6 Å². The molecule has 218 valence electrons. The van der Waals surface area contributed by atoms with Crippen molar-refractivity contribution in [3.8, 4) is 22.5 Å². The second kappa shape index (κ2) is 12.6. The van der Waals surface area contributed by atoms with E-state index < -0.39 is 17.7 Å². The maximum absolute atomic E-state index is 14.0. The van der Waals surface area contributed by atoms with Gasteiger partial charge in [-0.15, -0.1) is 5.10 Å². The Morgan fingerprint density at radius 2 is 1.79 bits per heavy atom. The van der Waals surface area contributed by atoms with Crippen molar-refractivity contribution >= 4 is 17.5 Å². The summed E-state index contributed by atoms with van der Waals surface area (Å²) < 4.78 is 0. The summed E-state index contributed by atoms with van der Waals surface area (Å²) in [4.78, 5) is 29.0. The van der Waals surface area contributed by atoms with Crippen LogP contribution in [0.2, 0.25) is 0 Å². The highest BCUT2D eigenvalue weighted by atomic mass is 16.3. The first-order valence-electron chi connectivity index (χ1n) is 14.3. The zero-order valence-electron chi connectivity index (χ0n) is 24.2. The third-order valence-corrected chi connectivity index (χ3v) is 7.68. The maximum Gasteiger partial charge on any atom is 0.249 e. The molecule has 3 aromatic carbocycles. The van der Waals surface area contributed by atoms with Gasteiger partial charge in [0.2, 0.25) is 11.8 Å². The summed E-state index contributed by atoms with van der Waals surface area (Å²) in [6, 6.07) is 23.3. The molecule has 5 rings (SSSR count). The predicted molar refractivity (Wildman–Crippen MR) is 161 cm³/mol. The zero-order chi connectivity index (χ0) is 29.7. The lowest BCUT2D eigenvalue weighted by Crippen LogP contribution is -2.58. The first-order chi connectivity index (χ1) is 20.2. The Labute approximate surface area is 245 Å². The van der Waals surface area contributed by atoms with Crippen molar-refractivity contribution in [2.45, 2.75) is 64.3 Å². The molecule has 0 saturated carbocycles. The van der Waals surface area contributed by atoms with E-state index in [2.05, 4.69) is 31.3 Å². The minimum atomic E-state index is -0.896. The number of H-pyrrole nitrogens is 1. The summed E-state index contributed by atoms with van der Waals surface area (Å²) >= 11 is 0. The van der Waals surface area contributed by atoms with Crippen LogP contribution in [0.4, 0.5) is 5.69 Å². The van der Waals surface area contributed by atoms with E-state index in [4.69, 9.17) is 0 Å². The fourth-order valence-corrected chi connectivity index (χ4v) is 5.21. The molecule has 10 nitrogen and oxygen atoms in total. The number of tetrazole rings is 1. The van der Waals surface area contributed by atoms with E-state index in [1.807, 2.05) is 72.8 Å². The number of nitrogens with one attached hydrogen (secondary N) is 3. The molecule has 10 heteroatoms. The van der Waals surface area contributed by atoms with Gasteiger partial charge in [-0.1, -0.05) is 66.7 Å². The molecule has 0 spiro atoms. The molecule has 2 heterocycles. The number of aromatic nitrogens is 4. The molecule has 1 aliphatic rings. The van der Waals surface area contributed by atoms with Gasteiger partial charge in [0.15, 0.2) is 5.82 Å². The normalized spacial score (nSPS) is 16.0. The average Bonchev–Trinajstić information content (AvgIpc) is 3.49. The summed E-state index contributed by atoms with van der Waals surface area (Å²) in [7, 11) is 0. The molecule has 0 fully saturated rings. The lowest BCUT2D eigenvalue weighted by atomic mass is 9.98. The van der Waals surface area contributed by atoms with Crippen LogP contribution >= 0.6 is 0 Å². The van der Waals surface area contributed by atoms with Crippen LogP contribution in [-0.4, -0.2) is 61.8 Å². The number of carbonyl (C=O) groups is 2. The SMILES string of the molecule is C[C@H](O)CCNC(C)(C)C(=O)N[C@@H]1CCc2ccccc2N(Cc2ccc(-c3ccccc3-c3nnn[nH]3)cc2)C1=O. The van der Waals surface area contributed by atoms with Gasteiger partial charge in [-0.2, -0.15) is 0 Å². The number of aryl methyl sites for hydroxylation is 1. The molecule has 0 unspecified atom stereocenters. The van der Waals surface area contributed by atoms with Gasteiger partial charge in [0.25, 0.3) is 0 Å². The second-order valence-electron chi connectivity index (χ2n) is 11.3. The third-order valence-electron chi connectivity index (χ3n) is 7.68. The number of hydrogen-bond acceptors (Lipinski definition) is 7. The van der Waals surface area contributed by atoms with E-state index in [1.54, 1.807) is 25.7 Å². The number of para-hydroxylation sites is 1. The summed E-state index contributed by atoms with van der Waals surface area (Å²) in [5, 5.41) is 30.1. The molecule has 2 amide bonds. The molecule has 1 aromatic heterocycles. The fourth-order valence-electron chi connectivity index (χ4n) is 5.21. The standard InChI is InChI=1S/C32H37N7O3/c1-21(40)18-19-33-32(2,3)31(42)34-27-17-16-24-8-4-7-11-28(24)39(30(27)41)20-22-12-14-23(15-13-22)25-9-5-6-10-26(25)29-35-37-38-36-29/h4-15,21,27,33,40H,16-20H2,1-3H3,(H,34,42)(H,35,36,37,38)/t21-,27+/m0/s1. The lowest BCUT2D eigenvalue weighted by Gasteiger charge is -2.30. The van der Waals surface area contributed by atoms with Crippen LogP contribution in [0.3, 0.4) is 0 Å². The number of benzene rings is 3. The first kappa shape index (κ1) is 29.1. The highest BCUT2D eigenvalue weighted by Gasteiger charge is 2.35. The van der Waals surface area contributed by atoms with Crippen molar-refractivity contribution in [2.24, 2.45) is 0 Å². The van der Waals surface area contributed by atoms with Crippen molar-refractivity contribution in [2.75, 3.05) is 11.4 Å². The average molecular weight is 568 g/mol. The Morgan fingerprint density at radius 3 is 2.50 bits per heavy atom. The monoisotopic (exact) mass is 567 g/mol. The number of hydrogen-bond donors (Lipinski definition) is 4. The van der Waals surface area contributed by atoms with Crippen molar-refractivity contribution < 1.29 is 14.7 Å². The van der Waals surface area contributed by atoms with Crippen molar-refractivity contribution in [3.63, 3.8) is 0 Å². The number of rotatable bonds is 10. The molecular weight excluding hydrogens is 530 g/mol. The second-order valence-corrected chi connectivity index (χ2v) is 11.3. The Kier molecular flexibility index (Phi) is 8.75. The summed E-state index contributed by atoms with van der Waals surface area (Å²) in [6.07, 6.45) is 1.25. The number of carbonyl (C=O) groups excluding carboxylic acids is 2. The van der Waals surface area contributed by atoms with Crippen molar-refractivity contribution in [1.82, 2.24) is 31.3 Å². The summed E-state index contributed by atoms with van der Waals surface area (Å²) in [5.74, 6) is 0.207. The van der Waals surface area contributed by atoms with E-state index in [-0.39, 0.29) is 11.8 Å². The number of amides is 2. The fraction of sp³-hybridized carbons (Fsp3) is 0.344. The van der Waals surface area contributed by atoms with E-state index in [0.29, 0.717) is 38.2 Å². The van der Waals surface area contributed by atoms with E-state index in [9.17, 15) is 14.7 Å². The molecule has 4 aromatic rings. The largest absolute Gasteiger partial charge is 0.393 e. The Balaban J connectivity index is 1.36. The number of fused-ring (bicyclic) bond motifs is 1. The minimum absolute atomic E-state index is 0.139. The predicted octanol–water partition coefficient (Wildman–Crippen LogP) is 3.64. The van der Waals surface area contributed by atoms with Gasteiger partial charge in [0.05, 0.1) is 18.2 Å². The van der Waals surface area contributed by atoms with Gasteiger partial charge in [-0.05, 0) is 85.3 Å². The molecule has 42 heavy (non-hydrogen) atoms. The molecule has 0 saturated heterocycles. The van der Waals surface area contributed by atoms with Gasteiger partial charge in [-0.3, -0.25) is 9.59 Å². The molecule has 0 radical (unpaired) electrons. The molecule has 4 N–H and O–H groups in total. The van der Waals surface area contributed by atoms with Gasteiger partial charge < -0.3 is 20.6 Å². The van der Waals surface area contributed by atoms with Crippen LogP contribution in [0.25, 0.3) is 22.5 Å². The molecular formula is C32H37N7O3. The van der Waals surface area contributed by atoms with Gasteiger partial charge in [-0.25, -0.2) is 5.10 Å². The van der Waals surface area contributed by atoms with E-state index >= 15 is 0 Å². The van der Waals surface area contributed by atoms with Crippen LogP contribution in [0, 0.1) is 0 Å².